The SMILES string of the molecule is CC(C)(C)OC(=O)N[C@H](C(=O)N1C[C@H]2[C@@H]([C@H]1C(=O)NC(CC1CCC1)C(=O)C(=O)NCC(=O)NC(C)(C)c1ccccc1)C2(Cl)Cl)C1CCCCC1. The van der Waals surface area contributed by atoms with Gasteiger partial charge in [0.05, 0.1) is 18.1 Å². The van der Waals surface area contributed by atoms with Gasteiger partial charge in [0.1, 0.15) is 22.0 Å². The number of nitrogens with one attached hydrogen (secondary N) is 4. The molecule has 1 aliphatic heterocycles. The van der Waals surface area contributed by atoms with Crippen molar-refractivity contribution >= 4 is 58.7 Å². The molecule has 1 unspecified atom stereocenters. The van der Waals surface area contributed by atoms with Gasteiger partial charge in [0.2, 0.25) is 23.5 Å². The molecule has 14 heteroatoms. The van der Waals surface area contributed by atoms with Crippen LogP contribution < -0.4 is 21.3 Å². The summed E-state index contributed by atoms with van der Waals surface area (Å²) in [4.78, 5) is 82.5. The van der Waals surface area contributed by atoms with E-state index in [0.717, 1.165) is 56.9 Å². The van der Waals surface area contributed by atoms with Crippen LogP contribution in [-0.2, 0) is 34.2 Å². The number of fused-ring (bicyclic) bond motifs is 1. The van der Waals surface area contributed by atoms with Gasteiger partial charge < -0.3 is 30.9 Å². The van der Waals surface area contributed by atoms with Gasteiger partial charge in [0.25, 0.3) is 5.91 Å². The van der Waals surface area contributed by atoms with E-state index in [1.54, 1.807) is 20.8 Å². The highest BCUT2D eigenvalue weighted by molar-refractivity contribution is 6.51. The minimum absolute atomic E-state index is 0.101. The Morgan fingerprint density at radius 1 is 0.904 bits per heavy atom. The molecule has 0 aromatic heterocycles. The minimum Gasteiger partial charge on any atom is -0.444 e. The number of Topliss-reactive ketones (excluding diaryl/α,β-unsaturated/α-hetero) is 1. The first-order valence-electron chi connectivity index (χ1n) is 18.6. The van der Waals surface area contributed by atoms with Crippen LogP contribution in [0.2, 0.25) is 0 Å². The average molecular weight is 763 g/mol. The molecule has 0 radical (unpaired) electrons. The van der Waals surface area contributed by atoms with Crippen LogP contribution >= 0.6 is 23.2 Å². The van der Waals surface area contributed by atoms with Crippen LogP contribution in [0, 0.1) is 23.7 Å². The van der Waals surface area contributed by atoms with E-state index in [-0.39, 0.29) is 30.7 Å². The van der Waals surface area contributed by atoms with Crippen molar-refractivity contribution in [3.8, 4) is 0 Å². The number of carbonyl (C=O) groups is 6. The molecule has 0 spiro atoms. The summed E-state index contributed by atoms with van der Waals surface area (Å²) >= 11 is 13.2. The molecule has 4 fully saturated rings. The molecule has 52 heavy (non-hydrogen) atoms. The molecule has 286 valence electrons. The molecule has 12 nitrogen and oxygen atoms in total. The monoisotopic (exact) mass is 761 g/mol. The number of alkyl carbamates (subject to hydrolysis) is 1. The Bertz CT molecular complexity index is 1520. The maximum atomic E-state index is 14.4. The Morgan fingerprint density at radius 2 is 1.56 bits per heavy atom. The molecular weight excluding hydrogens is 709 g/mol. The number of alkyl halides is 2. The van der Waals surface area contributed by atoms with Crippen LogP contribution in [0.15, 0.2) is 30.3 Å². The number of amides is 5. The Kier molecular flexibility index (Phi) is 12.2. The molecule has 0 bridgehead atoms. The molecular formula is C38H53Cl2N5O7. The zero-order valence-electron chi connectivity index (χ0n) is 30.8. The highest BCUT2D eigenvalue weighted by atomic mass is 35.5. The highest BCUT2D eigenvalue weighted by Gasteiger charge is 2.74. The van der Waals surface area contributed by atoms with Gasteiger partial charge in [-0.15, -0.1) is 23.2 Å². The third-order valence-corrected chi connectivity index (χ3v) is 12.0. The summed E-state index contributed by atoms with van der Waals surface area (Å²) in [6, 6.07) is 6.11. The molecule has 1 heterocycles. The van der Waals surface area contributed by atoms with Crippen molar-refractivity contribution in [1.82, 2.24) is 26.2 Å². The Balaban J connectivity index is 1.29. The topological polar surface area (TPSA) is 163 Å². The lowest BCUT2D eigenvalue weighted by atomic mass is 9.80. The first-order valence-corrected chi connectivity index (χ1v) is 19.3. The zero-order chi connectivity index (χ0) is 38.0. The molecule has 4 N–H and O–H groups in total. The lowest BCUT2D eigenvalue weighted by Crippen LogP contribution is -2.60. The van der Waals surface area contributed by atoms with Crippen molar-refractivity contribution in [2.75, 3.05) is 13.1 Å². The van der Waals surface area contributed by atoms with E-state index in [4.69, 9.17) is 27.9 Å². The number of piperidine rings is 1. The maximum Gasteiger partial charge on any atom is 0.408 e. The average Bonchev–Trinajstić information content (AvgIpc) is 3.37. The first kappa shape index (κ1) is 39.8. The summed E-state index contributed by atoms with van der Waals surface area (Å²) in [6.45, 7) is 8.55. The summed E-state index contributed by atoms with van der Waals surface area (Å²) < 4.78 is 4.25. The molecule has 5 amide bonds. The number of hydrogen-bond acceptors (Lipinski definition) is 7. The Labute approximate surface area is 316 Å². The molecule has 3 saturated carbocycles. The van der Waals surface area contributed by atoms with Crippen LogP contribution in [0.1, 0.15) is 98.0 Å². The third-order valence-electron chi connectivity index (χ3n) is 11.0. The van der Waals surface area contributed by atoms with Gasteiger partial charge >= 0.3 is 6.09 Å². The van der Waals surface area contributed by atoms with Crippen molar-refractivity contribution in [3.05, 3.63) is 35.9 Å². The quantitative estimate of drug-likeness (QED) is 0.170. The van der Waals surface area contributed by atoms with Gasteiger partial charge in [-0.1, -0.05) is 68.9 Å². The van der Waals surface area contributed by atoms with Crippen molar-refractivity contribution in [3.63, 3.8) is 0 Å². The van der Waals surface area contributed by atoms with Gasteiger partial charge in [-0.25, -0.2) is 4.79 Å². The van der Waals surface area contributed by atoms with Crippen LogP contribution in [0.3, 0.4) is 0 Å². The number of likely N-dealkylation sites (tertiary alicyclic amines) is 1. The van der Waals surface area contributed by atoms with Crippen molar-refractivity contribution in [2.45, 2.75) is 126 Å². The summed E-state index contributed by atoms with van der Waals surface area (Å²) in [5.74, 6) is -4.45. The van der Waals surface area contributed by atoms with Crippen molar-refractivity contribution < 1.29 is 33.5 Å². The largest absolute Gasteiger partial charge is 0.444 e. The second-order valence-corrected chi connectivity index (χ2v) is 17.9. The molecule has 1 aromatic carbocycles. The fraction of sp³-hybridized carbons (Fsp3) is 0.684. The van der Waals surface area contributed by atoms with E-state index in [1.165, 1.54) is 4.90 Å². The smallest absolute Gasteiger partial charge is 0.408 e. The Hall–Kier alpha value is -3.38. The number of benzene rings is 1. The third kappa shape index (κ3) is 9.40. The number of halogens is 2. The number of rotatable bonds is 13. The van der Waals surface area contributed by atoms with E-state index in [1.807, 2.05) is 44.2 Å². The van der Waals surface area contributed by atoms with Gasteiger partial charge in [-0.2, -0.15) is 0 Å². The van der Waals surface area contributed by atoms with Crippen LogP contribution in [0.4, 0.5) is 4.79 Å². The summed E-state index contributed by atoms with van der Waals surface area (Å²) in [5.41, 5.74) is -0.636. The fourth-order valence-corrected chi connectivity index (χ4v) is 8.70. The summed E-state index contributed by atoms with van der Waals surface area (Å²) in [5, 5.41) is 10.9. The minimum atomic E-state index is -1.25. The number of ether oxygens (including phenoxy) is 1. The maximum absolute atomic E-state index is 14.4. The normalized spacial score (nSPS) is 24.0. The lowest BCUT2D eigenvalue weighted by Gasteiger charge is -2.37. The van der Waals surface area contributed by atoms with E-state index in [0.29, 0.717) is 0 Å². The van der Waals surface area contributed by atoms with Gasteiger partial charge in [-0.3, -0.25) is 24.0 Å². The van der Waals surface area contributed by atoms with E-state index < -0.39 is 81.6 Å². The molecule has 3 aliphatic carbocycles. The van der Waals surface area contributed by atoms with Gasteiger partial charge in [0.15, 0.2) is 0 Å². The number of hydrogen-bond donors (Lipinski definition) is 4. The van der Waals surface area contributed by atoms with Crippen molar-refractivity contribution in [2.24, 2.45) is 23.7 Å². The summed E-state index contributed by atoms with van der Waals surface area (Å²) in [6.07, 6.45) is 6.50. The number of carbonyl (C=O) groups excluding carboxylic acids is 6. The number of nitrogens with zero attached hydrogens (tertiary/aromatic N) is 1. The second-order valence-electron chi connectivity index (χ2n) is 16.4. The fourth-order valence-electron chi connectivity index (χ4n) is 7.87. The second kappa shape index (κ2) is 15.9. The highest BCUT2D eigenvalue weighted by Crippen LogP contribution is 2.65. The van der Waals surface area contributed by atoms with E-state index >= 15 is 0 Å². The summed E-state index contributed by atoms with van der Waals surface area (Å²) in [7, 11) is 0. The van der Waals surface area contributed by atoms with Gasteiger partial charge in [0, 0.05) is 18.4 Å². The predicted molar refractivity (Wildman–Crippen MR) is 196 cm³/mol. The molecule has 5 atom stereocenters. The first-order chi connectivity index (χ1) is 24.4. The molecule has 1 saturated heterocycles. The van der Waals surface area contributed by atoms with Crippen molar-refractivity contribution in [1.29, 1.82) is 0 Å². The van der Waals surface area contributed by atoms with Crippen LogP contribution in [-0.4, -0.2) is 81.6 Å². The van der Waals surface area contributed by atoms with Crippen LogP contribution in [0.25, 0.3) is 0 Å². The molecule has 4 aliphatic rings. The molecule has 5 rings (SSSR count). The number of ketones is 1. The van der Waals surface area contributed by atoms with E-state index in [9.17, 15) is 28.8 Å². The zero-order valence-corrected chi connectivity index (χ0v) is 32.3. The van der Waals surface area contributed by atoms with Crippen LogP contribution in [0.5, 0.6) is 0 Å². The Morgan fingerprint density at radius 3 is 2.15 bits per heavy atom. The van der Waals surface area contributed by atoms with Gasteiger partial charge in [-0.05, 0) is 71.3 Å². The molecule has 1 aromatic rings. The van der Waals surface area contributed by atoms with E-state index in [2.05, 4.69) is 21.3 Å². The predicted octanol–water partition coefficient (Wildman–Crippen LogP) is 4.50. The standard InChI is InChI=1S/C38H53Cl2N5O7/c1-36(2,3)52-35(51)43-29(23-15-8-6-9-16-23)34(50)45-21-25-28(38(25,39)40)30(45)32(48)42-26(19-22-13-12-14-22)31(47)33(49)41-20-27(46)44-37(4,5)24-17-10-7-11-18-24/h7,10-11,17-18,22-23,25-26,28-30H,6,8-9,12-16,19-21H2,1-5H3,(H,41,49)(H,42,48)(H,43,51)(H,44,46)/t25-,26?,28-,29-,30-/m0/s1. The lowest BCUT2D eigenvalue weighted by molar-refractivity contribution is -0.144.